The molecule has 3 rings (SSSR count). The molecule has 0 aliphatic carbocycles. The molecule has 1 saturated heterocycles. The molecule has 0 radical (unpaired) electrons. The summed E-state index contributed by atoms with van der Waals surface area (Å²) in [6, 6.07) is 11.1. The third-order valence-corrected chi connectivity index (χ3v) is 4.32. The second-order valence-corrected chi connectivity index (χ2v) is 6.25. The third-order valence-electron chi connectivity index (χ3n) is 3.51. The molecule has 2 amide bonds. The van der Waals surface area contributed by atoms with Crippen molar-refractivity contribution >= 4 is 40.7 Å². The summed E-state index contributed by atoms with van der Waals surface area (Å²) in [6.45, 7) is 0.547. The van der Waals surface area contributed by atoms with Gasteiger partial charge in [0.15, 0.2) is 6.61 Å². The van der Waals surface area contributed by atoms with Gasteiger partial charge in [-0.1, -0.05) is 17.3 Å². The summed E-state index contributed by atoms with van der Waals surface area (Å²) in [5.74, 6) is -0.187. The highest BCUT2D eigenvalue weighted by atomic mass is 32.1. The smallest absolute Gasteiger partial charge is 0.265 e. The summed E-state index contributed by atoms with van der Waals surface area (Å²) in [5, 5.41) is 8.44. The van der Waals surface area contributed by atoms with Crippen LogP contribution >= 0.6 is 11.3 Å². The van der Waals surface area contributed by atoms with Crippen LogP contribution in [0.5, 0.6) is 0 Å². The molecule has 2 aromatic rings. The molecule has 6 nitrogen and oxygen atoms in total. The first kappa shape index (κ1) is 16.2. The number of anilines is 2. The van der Waals surface area contributed by atoms with Gasteiger partial charge in [0.25, 0.3) is 5.91 Å². The SMILES string of the molecule is O=C(CO/N=C/c1cccs1)Nc1cccc(N2CCCC2=O)c1. The van der Waals surface area contributed by atoms with Crippen LogP contribution in [-0.2, 0) is 14.4 Å². The molecular formula is C17H17N3O3S. The first-order chi connectivity index (χ1) is 11.7. The molecule has 1 aliphatic rings. The van der Waals surface area contributed by atoms with Crippen LogP contribution in [0.3, 0.4) is 0 Å². The van der Waals surface area contributed by atoms with E-state index in [0.717, 1.165) is 23.5 Å². The topological polar surface area (TPSA) is 71.0 Å². The Balaban J connectivity index is 1.52. The molecule has 0 saturated carbocycles. The van der Waals surface area contributed by atoms with E-state index in [1.807, 2.05) is 29.6 Å². The zero-order valence-electron chi connectivity index (χ0n) is 13.0. The zero-order valence-corrected chi connectivity index (χ0v) is 13.8. The quantitative estimate of drug-likeness (QED) is 0.647. The Morgan fingerprint density at radius 3 is 3.04 bits per heavy atom. The minimum Gasteiger partial charge on any atom is -0.386 e. The predicted octanol–water partition coefficient (Wildman–Crippen LogP) is 2.86. The molecule has 1 fully saturated rings. The number of benzene rings is 1. The molecule has 0 unspecified atom stereocenters. The lowest BCUT2D eigenvalue weighted by Gasteiger charge is -2.16. The maximum Gasteiger partial charge on any atom is 0.265 e. The maximum absolute atomic E-state index is 11.9. The average molecular weight is 343 g/mol. The van der Waals surface area contributed by atoms with Crippen molar-refractivity contribution in [3.63, 3.8) is 0 Å². The van der Waals surface area contributed by atoms with Crippen LogP contribution in [0.4, 0.5) is 11.4 Å². The molecule has 0 atom stereocenters. The van der Waals surface area contributed by atoms with Crippen LogP contribution in [0, 0.1) is 0 Å². The van der Waals surface area contributed by atoms with Crippen molar-refractivity contribution in [2.75, 3.05) is 23.4 Å². The summed E-state index contributed by atoms with van der Waals surface area (Å²) in [4.78, 5) is 31.3. The lowest BCUT2D eigenvalue weighted by molar-refractivity contribution is -0.120. The number of hydrogen-bond donors (Lipinski definition) is 1. The van der Waals surface area contributed by atoms with Gasteiger partial charge >= 0.3 is 0 Å². The van der Waals surface area contributed by atoms with Gasteiger partial charge < -0.3 is 15.1 Å². The highest BCUT2D eigenvalue weighted by Gasteiger charge is 2.21. The van der Waals surface area contributed by atoms with E-state index in [0.29, 0.717) is 12.1 Å². The Bertz CT molecular complexity index is 743. The number of oxime groups is 1. The van der Waals surface area contributed by atoms with Gasteiger partial charge in [-0.3, -0.25) is 9.59 Å². The number of nitrogens with one attached hydrogen (secondary N) is 1. The van der Waals surface area contributed by atoms with Crippen LogP contribution in [-0.4, -0.2) is 31.2 Å². The van der Waals surface area contributed by atoms with Gasteiger partial charge in [0.05, 0.1) is 6.21 Å². The fourth-order valence-corrected chi connectivity index (χ4v) is 2.99. The summed E-state index contributed by atoms with van der Waals surface area (Å²) < 4.78 is 0. The minimum absolute atomic E-state index is 0.115. The van der Waals surface area contributed by atoms with E-state index in [1.165, 1.54) is 11.3 Å². The lowest BCUT2D eigenvalue weighted by atomic mass is 10.2. The highest BCUT2D eigenvalue weighted by Crippen LogP contribution is 2.24. The average Bonchev–Trinajstić information content (AvgIpc) is 3.23. The Morgan fingerprint density at radius 1 is 1.38 bits per heavy atom. The van der Waals surface area contributed by atoms with E-state index in [9.17, 15) is 9.59 Å². The molecule has 0 bridgehead atoms. The van der Waals surface area contributed by atoms with Crippen LogP contribution in [0.15, 0.2) is 46.9 Å². The van der Waals surface area contributed by atoms with Crippen molar-refractivity contribution in [1.29, 1.82) is 0 Å². The molecule has 124 valence electrons. The van der Waals surface area contributed by atoms with Crippen molar-refractivity contribution in [3.05, 3.63) is 46.7 Å². The summed E-state index contributed by atoms with van der Waals surface area (Å²) in [7, 11) is 0. The van der Waals surface area contributed by atoms with Crippen LogP contribution in [0.25, 0.3) is 0 Å². The molecule has 1 aliphatic heterocycles. The normalized spacial score (nSPS) is 14.3. The second kappa shape index (κ2) is 7.74. The van der Waals surface area contributed by atoms with E-state index in [2.05, 4.69) is 10.5 Å². The van der Waals surface area contributed by atoms with Gasteiger partial charge in [-0.05, 0) is 36.1 Å². The molecular weight excluding hydrogens is 326 g/mol. The van der Waals surface area contributed by atoms with Crippen molar-refractivity contribution < 1.29 is 14.4 Å². The number of amides is 2. The number of nitrogens with zero attached hydrogens (tertiary/aromatic N) is 2. The molecule has 7 heteroatoms. The molecule has 1 aromatic carbocycles. The standard InChI is InChI=1S/C17H17N3O3S/c21-16(12-23-18-11-15-6-3-9-24-15)19-13-4-1-5-14(10-13)20-8-2-7-17(20)22/h1,3-6,9-11H,2,7-8,12H2,(H,19,21)/b18-11+. The number of rotatable bonds is 6. The minimum atomic E-state index is -0.303. The van der Waals surface area contributed by atoms with E-state index in [-0.39, 0.29) is 18.4 Å². The van der Waals surface area contributed by atoms with Crippen LogP contribution < -0.4 is 10.2 Å². The van der Waals surface area contributed by atoms with Crippen LogP contribution in [0.2, 0.25) is 0 Å². The number of thiophene rings is 1. The monoisotopic (exact) mass is 343 g/mol. The molecule has 1 N–H and O–H groups in total. The molecule has 1 aromatic heterocycles. The van der Waals surface area contributed by atoms with Gasteiger partial charge in [0.2, 0.25) is 5.91 Å². The van der Waals surface area contributed by atoms with Crippen molar-refractivity contribution in [2.24, 2.45) is 5.16 Å². The Kier molecular flexibility index (Phi) is 5.22. The van der Waals surface area contributed by atoms with Gasteiger partial charge in [-0.2, -0.15) is 0 Å². The van der Waals surface area contributed by atoms with E-state index < -0.39 is 0 Å². The van der Waals surface area contributed by atoms with Crippen molar-refractivity contribution in [2.45, 2.75) is 12.8 Å². The highest BCUT2D eigenvalue weighted by molar-refractivity contribution is 7.11. The van der Waals surface area contributed by atoms with Crippen molar-refractivity contribution in [3.8, 4) is 0 Å². The van der Waals surface area contributed by atoms with E-state index >= 15 is 0 Å². The number of carbonyl (C=O) groups is 2. The van der Waals surface area contributed by atoms with E-state index in [4.69, 9.17) is 4.84 Å². The largest absolute Gasteiger partial charge is 0.386 e. The van der Waals surface area contributed by atoms with Crippen LogP contribution in [0.1, 0.15) is 17.7 Å². The second-order valence-electron chi connectivity index (χ2n) is 5.27. The summed E-state index contributed by atoms with van der Waals surface area (Å²) in [5.41, 5.74) is 1.43. The van der Waals surface area contributed by atoms with Gasteiger partial charge in [-0.15, -0.1) is 11.3 Å². The Hall–Kier alpha value is -2.67. The number of hydrogen-bond acceptors (Lipinski definition) is 5. The first-order valence-electron chi connectivity index (χ1n) is 7.61. The predicted molar refractivity (Wildman–Crippen MR) is 94.5 cm³/mol. The maximum atomic E-state index is 11.9. The van der Waals surface area contributed by atoms with E-state index in [1.54, 1.807) is 23.2 Å². The van der Waals surface area contributed by atoms with Gasteiger partial charge in [0.1, 0.15) is 0 Å². The molecule has 24 heavy (non-hydrogen) atoms. The fraction of sp³-hybridized carbons (Fsp3) is 0.235. The lowest BCUT2D eigenvalue weighted by Crippen LogP contribution is -2.24. The summed E-state index contributed by atoms with van der Waals surface area (Å²) >= 11 is 1.54. The molecule has 0 spiro atoms. The Morgan fingerprint density at radius 2 is 2.29 bits per heavy atom. The third kappa shape index (κ3) is 4.20. The summed E-state index contributed by atoms with van der Waals surface area (Å²) in [6.07, 6.45) is 3.01. The van der Waals surface area contributed by atoms with Gasteiger partial charge in [-0.25, -0.2) is 0 Å². The zero-order chi connectivity index (χ0) is 16.8. The number of carbonyl (C=O) groups excluding carboxylic acids is 2. The fourth-order valence-electron chi connectivity index (χ4n) is 2.42. The molecule has 2 heterocycles. The van der Waals surface area contributed by atoms with Gasteiger partial charge in [0, 0.05) is 29.2 Å². The van der Waals surface area contributed by atoms with Crippen molar-refractivity contribution in [1.82, 2.24) is 0 Å². The Labute approximate surface area is 143 Å². The first-order valence-corrected chi connectivity index (χ1v) is 8.49.